The fourth-order valence-electron chi connectivity index (χ4n) is 2.07. The van der Waals surface area contributed by atoms with Gasteiger partial charge in [-0.1, -0.05) is 23.4 Å². The van der Waals surface area contributed by atoms with Gasteiger partial charge in [-0.3, -0.25) is 14.9 Å². The van der Waals surface area contributed by atoms with Crippen LogP contribution in [0.3, 0.4) is 0 Å². The third-order valence-electron chi connectivity index (χ3n) is 3.20. The minimum Gasteiger partial charge on any atom is -0.333 e. The van der Waals surface area contributed by atoms with Crippen LogP contribution in [0.5, 0.6) is 0 Å². The molecular weight excluding hydrogens is 432 g/mol. The number of aromatic amines is 1. The molecule has 0 saturated carbocycles. The molecule has 0 saturated heterocycles. The maximum Gasteiger partial charge on any atom is 0.270 e. The van der Waals surface area contributed by atoms with Gasteiger partial charge in [0.25, 0.3) is 5.69 Å². The Hall–Kier alpha value is -2.10. The summed E-state index contributed by atoms with van der Waals surface area (Å²) in [7, 11) is 0. The average molecular weight is 442 g/mol. The van der Waals surface area contributed by atoms with E-state index in [1.807, 2.05) is 0 Å². The van der Waals surface area contributed by atoms with Gasteiger partial charge in [-0.05, 0) is 40.2 Å². The van der Waals surface area contributed by atoms with Gasteiger partial charge in [0.15, 0.2) is 5.16 Å². The van der Waals surface area contributed by atoms with E-state index in [4.69, 9.17) is 11.6 Å². The molecule has 3 rings (SSSR count). The highest BCUT2D eigenvalue weighted by Gasteiger charge is 2.12. The van der Waals surface area contributed by atoms with E-state index in [-0.39, 0.29) is 17.3 Å². The zero-order valence-electron chi connectivity index (χ0n) is 12.5. The number of non-ortho nitro benzene ring substituents is 1. The molecule has 2 N–H and O–H groups in total. The van der Waals surface area contributed by atoms with Crippen LogP contribution >= 0.6 is 39.3 Å². The monoisotopic (exact) mass is 440 g/mol. The molecule has 0 spiro atoms. The zero-order valence-corrected chi connectivity index (χ0v) is 15.6. The lowest BCUT2D eigenvalue weighted by Gasteiger charge is -2.06. The maximum absolute atomic E-state index is 12.1. The summed E-state index contributed by atoms with van der Waals surface area (Å²) in [6.07, 6.45) is 0. The van der Waals surface area contributed by atoms with Gasteiger partial charge in [-0.15, -0.1) is 0 Å². The number of nitrogens with one attached hydrogen (secondary N) is 2. The average Bonchev–Trinajstić information content (AvgIpc) is 2.96. The Kier molecular flexibility index (Phi) is 5.26. The molecule has 3 aromatic rings. The first-order valence-corrected chi connectivity index (χ1v) is 9.10. The van der Waals surface area contributed by atoms with Gasteiger partial charge < -0.3 is 10.3 Å². The topological polar surface area (TPSA) is 101 Å². The zero-order chi connectivity index (χ0) is 18.0. The molecule has 0 bridgehead atoms. The summed E-state index contributed by atoms with van der Waals surface area (Å²) in [5.74, 6) is -0.116. The normalized spacial score (nSPS) is 10.8. The summed E-state index contributed by atoms with van der Waals surface area (Å²) in [4.78, 5) is 29.7. The number of anilines is 1. The molecule has 7 nitrogen and oxygen atoms in total. The number of aromatic nitrogens is 2. The van der Waals surface area contributed by atoms with Crippen LogP contribution in [0.1, 0.15) is 0 Å². The van der Waals surface area contributed by atoms with Crippen molar-refractivity contribution in [2.75, 3.05) is 11.1 Å². The molecule has 0 aliphatic rings. The Bertz CT molecular complexity index is 979. The van der Waals surface area contributed by atoms with Crippen molar-refractivity contribution in [1.29, 1.82) is 0 Å². The number of hydrogen-bond donors (Lipinski definition) is 2. The van der Waals surface area contributed by atoms with E-state index in [0.717, 1.165) is 11.0 Å². The van der Waals surface area contributed by atoms with E-state index in [9.17, 15) is 14.9 Å². The number of imidazole rings is 1. The van der Waals surface area contributed by atoms with Crippen LogP contribution in [-0.2, 0) is 4.79 Å². The van der Waals surface area contributed by atoms with Gasteiger partial charge in [0.2, 0.25) is 5.91 Å². The number of H-pyrrole nitrogens is 1. The molecule has 1 heterocycles. The van der Waals surface area contributed by atoms with Gasteiger partial charge in [0, 0.05) is 21.6 Å². The fraction of sp³-hybridized carbons (Fsp3) is 0.0667. The molecule has 10 heteroatoms. The number of nitro benzene ring substituents is 1. The van der Waals surface area contributed by atoms with E-state index in [2.05, 4.69) is 31.2 Å². The molecule has 0 fully saturated rings. The van der Waals surface area contributed by atoms with Crippen molar-refractivity contribution in [3.05, 3.63) is 56.0 Å². The van der Waals surface area contributed by atoms with Crippen LogP contribution in [0.4, 0.5) is 11.4 Å². The maximum atomic E-state index is 12.1. The largest absolute Gasteiger partial charge is 0.333 e. The van der Waals surface area contributed by atoms with E-state index in [1.165, 1.54) is 30.0 Å². The van der Waals surface area contributed by atoms with Crippen LogP contribution in [0, 0.1) is 10.1 Å². The lowest BCUT2D eigenvalue weighted by atomic mass is 10.3. The molecule has 25 heavy (non-hydrogen) atoms. The quantitative estimate of drug-likeness (QED) is 0.342. The second-order valence-corrected chi connectivity index (χ2v) is 7.22. The van der Waals surface area contributed by atoms with Crippen molar-refractivity contribution in [2.24, 2.45) is 0 Å². The first kappa shape index (κ1) is 17.7. The van der Waals surface area contributed by atoms with E-state index < -0.39 is 4.92 Å². The van der Waals surface area contributed by atoms with Crippen LogP contribution in [-0.4, -0.2) is 26.6 Å². The number of nitro groups is 1. The molecule has 1 aromatic heterocycles. The van der Waals surface area contributed by atoms with Crippen LogP contribution in [0.2, 0.25) is 5.02 Å². The Morgan fingerprint density at radius 2 is 2.16 bits per heavy atom. The van der Waals surface area contributed by atoms with E-state index in [0.29, 0.717) is 20.3 Å². The number of thioether (sulfide) groups is 1. The second kappa shape index (κ2) is 7.42. The number of amides is 1. The number of benzene rings is 2. The number of fused-ring (bicyclic) bond motifs is 1. The van der Waals surface area contributed by atoms with Crippen molar-refractivity contribution in [1.82, 2.24) is 9.97 Å². The third-order valence-corrected chi connectivity index (χ3v) is 4.96. The predicted octanol–water partition coefficient (Wildman–Crippen LogP) is 4.62. The SMILES string of the molecule is O=C(CSc1nc2ccc(Cl)cc2[nH]1)Nc1ccc([N+](=O)[O-])cc1Br. The van der Waals surface area contributed by atoms with Gasteiger partial charge >= 0.3 is 0 Å². The molecule has 2 aromatic carbocycles. The Labute approximate surface area is 159 Å². The van der Waals surface area contributed by atoms with Crippen molar-refractivity contribution < 1.29 is 9.72 Å². The summed E-state index contributed by atoms with van der Waals surface area (Å²) in [6, 6.07) is 9.46. The Balaban J connectivity index is 1.63. The molecule has 0 aliphatic heterocycles. The van der Waals surface area contributed by atoms with Crippen molar-refractivity contribution in [2.45, 2.75) is 5.16 Å². The molecule has 1 amide bonds. The highest BCUT2D eigenvalue weighted by Crippen LogP contribution is 2.28. The molecule has 0 unspecified atom stereocenters. The fourth-order valence-corrected chi connectivity index (χ4v) is 3.39. The molecule has 0 atom stereocenters. The van der Waals surface area contributed by atoms with Crippen molar-refractivity contribution >= 4 is 67.6 Å². The highest BCUT2D eigenvalue weighted by molar-refractivity contribution is 9.10. The van der Waals surface area contributed by atoms with E-state index >= 15 is 0 Å². The van der Waals surface area contributed by atoms with Crippen LogP contribution in [0.15, 0.2) is 46.0 Å². The van der Waals surface area contributed by atoms with Gasteiger partial charge in [0.05, 0.1) is 27.4 Å². The predicted molar refractivity (Wildman–Crippen MR) is 101 cm³/mol. The lowest BCUT2D eigenvalue weighted by Crippen LogP contribution is -2.14. The number of carbonyl (C=O) groups is 1. The van der Waals surface area contributed by atoms with E-state index in [1.54, 1.807) is 18.2 Å². The smallest absolute Gasteiger partial charge is 0.270 e. The third kappa shape index (κ3) is 4.30. The van der Waals surface area contributed by atoms with Crippen molar-refractivity contribution in [3.63, 3.8) is 0 Å². The first-order chi connectivity index (χ1) is 11.9. The number of carbonyl (C=O) groups excluding carboxylic acids is 1. The summed E-state index contributed by atoms with van der Waals surface area (Å²) in [5.41, 5.74) is 1.98. The highest BCUT2D eigenvalue weighted by atomic mass is 79.9. The number of nitrogens with zero attached hydrogens (tertiary/aromatic N) is 2. The van der Waals surface area contributed by atoms with Crippen molar-refractivity contribution in [3.8, 4) is 0 Å². The molecular formula is C15H10BrClN4O3S. The number of rotatable bonds is 5. The van der Waals surface area contributed by atoms with Crippen LogP contribution < -0.4 is 5.32 Å². The summed E-state index contributed by atoms with van der Waals surface area (Å²) in [6.45, 7) is 0. The molecule has 0 radical (unpaired) electrons. The van der Waals surface area contributed by atoms with Crippen LogP contribution in [0.25, 0.3) is 11.0 Å². The Morgan fingerprint density at radius 1 is 1.36 bits per heavy atom. The number of halogens is 2. The van der Waals surface area contributed by atoms with Gasteiger partial charge in [-0.25, -0.2) is 4.98 Å². The molecule has 128 valence electrons. The minimum absolute atomic E-state index is 0.0554. The lowest BCUT2D eigenvalue weighted by molar-refractivity contribution is -0.384. The standard InChI is InChI=1S/C15H10BrClN4O3S/c16-10-6-9(21(23)24)2-4-11(10)18-14(22)7-25-15-19-12-3-1-8(17)5-13(12)20-15/h1-6H,7H2,(H,18,22)(H,19,20). The second-order valence-electron chi connectivity index (χ2n) is 4.96. The molecule has 0 aliphatic carbocycles. The Morgan fingerprint density at radius 3 is 2.88 bits per heavy atom. The first-order valence-electron chi connectivity index (χ1n) is 6.94. The van der Waals surface area contributed by atoms with Gasteiger partial charge in [-0.2, -0.15) is 0 Å². The van der Waals surface area contributed by atoms with Gasteiger partial charge in [0.1, 0.15) is 0 Å². The summed E-state index contributed by atoms with van der Waals surface area (Å²) in [5, 5.41) is 14.6. The summed E-state index contributed by atoms with van der Waals surface area (Å²) >= 11 is 10.4. The minimum atomic E-state index is -0.500. The number of hydrogen-bond acceptors (Lipinski definition) is 5. The summed E-state index contributed by atoms with van der Waals surface area (Å²) < 4.78 is 0.443.